The molecular weight excluding hydrogens is 557 g/mol. The van der Waals surface area contributed by atoms with Gasteiger partial charge in [-0.3, -0.25) is 0 Å². The van der Waals surface area contributed by atoms with Crippen molar-refractivity contribution in [3.63, 3.8) is 0 Å². The average molecular weight is 583 g/mol. The highest BCUT2D eigenvalue weighted by molar-refractivity contribution is 8.03. The molecule has 2 aliphatic rings. The van der Waals surface area contributed by atoms with Crippen LogP contribution in [0.5, 0.6) is 0 Å². The van der Waals surface area contributed by atoms with Gasteiger partial charge in [-0.1, -0.05) is 133 Å². The molecule has 7 aromatic rings. The maximum Gasteiger partial charge on any atom is 0.136 e. The SMILES string of the molecule is c1ccc(-c2ccc(C3=C4Sc5ccccc5C4NC(c4cccc5oc6cc(-c7ccccc7)ccc6c45)=N3)cc2)cc1. The Morgan fingerprint density at radius 3 is 2.02 bits per heavy atom. The molecule has 9 rings (SSSR count). The lowest BCUT2D eigenvalue weighted by atomic mass is 9.97. The first kappa shape index (κ1) is 25.2. The van der Waals surface area contributed by atoms with Gasteiger partial charge in [-0.15, -0.1) is 0 Å². The first-order valence-corrected chi connectivity index (χ1v) is 15.6. The first-order chi connectivity index (χ1) is 21.8. The van der Waals surface area contributed by atoms with Crippen LogP contribution in [0.4, 0.5) is 0 Å². The molecule has 4 heteroatoms. The second-order valence-electron chi connectivity index (χ2n) is 11.2. The van der Waals surface area contributed by atoms with Crippen molar-refractivity contribution in [1.29, 1.82) is 0 Å². The Balaban J connectivity index is 1.20. The summed E-state index contributed by atoms with van der Waals surface area (Å²) in [5.74, 6) is 0.860. The highest BCUT2D eigenvalue weighted by Crippen LogP contribution is 2.52. The third-order valence-corrected chi connectivity index (χ3v) is 9.82. The summed E-state index contributed by atoms with van der Waals surface area (Å²) >= 11 is 1.82. The molecule has 0 aliphatic carbocycles. The van der Waals surface area contributed by atoms with Crippen LogP contribution in [0.1, 0.15) is 22.7 Å². The normalized spacial score (nSPS) is 15.6. The first-order valence-electron chi connectivity index (χ1n) is 14.8. The van der Waals surface area contributed by atoms with Gasteiger partial charge in [-0.25, -0.2) is 4.99 Å². The maximum absolute atomic E-state index is 6.46. The Bertz CT molecular complexity index is 2260. The van der Waals surface area contributed by atoms with Crippen molar-refractivity contribution in [2.45, 2.75) is 10.9 Å². The Morgan fingerprint density at radius 2 is 1.23 bits per heavy atom. The highest BCUT2D eigenvalue weighted by Gasteiger charge is 2.35. The molecule has 0 radical (unpaired) electrons. The molecule has 0 saturated heterocycles. The van der Waals surface area contributed by atoms with E-state index in [1.165, 1.54) is 32.1 Å². The maximum atomic E-state index is 6.46. The number of hydrogen-bond acceptors (Lipinski definition) is 4. The minimum atomic E-state index is 0.0330. The van der Waals surface area contributed by atoms with Crippen molar-refractivity contribution >= 4 is 45.2 Å². The quantitative estimate of drug-likeness (QED) is 0.224. The Hall–Kier alpha value is -5.32. The van der Waals surface area contributed by atoms with Gasteiger partial charge < -0.3 is 9.73 Å². The standard InChI is InChI=1S/C40H26N2OS/c1-3-10-25(11-4-1)27-18-20-28(21-19-27)37-39-38(31-14-7-8-17-35(31)44-39)42-40(41-37)32-15-9-16-33-36(32)30-23-22-29(24-34(30)43-33)26-12-5-2-6-13-26/h1-24,38H,(H,41,42). The van der Waals surface area contributed by atoms with E-state index in [4.69, 9.17) is 9.41 Å². The Labute approximate surface area is 259 Å². The molecule has 208 valence electrons. The summed E-state index contributed by atoms with van der Waals surface area (Å²) in [7, 11) is 0. The lowest BCUT2D eigenvalue weighted by Gasteiger charge is -2.25. The molecule has 1 N–H and O–H groups in total. The van der Waals surface area contributed by atoms with E-state index in [1.807, 2.05) is 17.8 Å². The molecule has 2 aliphatic heterocycles. The third kappa shape index (κ3) is 4.10. The van der Waals surface area contributed by atoms with Crippen LogP contribution in [-0.2, 0) is 0 Å². The molecule has 44 heavy (non-hydrogen) atoms. The van der Waals surface area contributed by atoms with Crippen LogP contribution in [0, 0.1) is 0 Å². The molecular formula is C40H26N2OS. The number of hydrogen-bond donors (Lipinski definition) is 1. The van der Waals surface area contributed by atoms with Crippen molar-refractivity contribution in [1.82, 2.24) is 5.32 Å². The van der Waals surface area contributed by atoms with Crippen LogP contribution < -0.4 is 5.32 Å². The van der Waals surface area contributed by atoms with Crippen LogP contribution in [0.15, 0.2) is 165 Å². The Kier molecular flexibility index (Phi) is 5.81. The van der Waals surface area contributed by atoms with Gasteiger partial charge in [0.15, 0.2) is 0 Å². The zero-order valence-corrected chi connectivity index (χ0v) is 24.5. The summed E-state index contributed by atoms with van der Waals surface area (Å²) in [4.78, 5) is 7.88. The molecule has 6 aromatic carbocycles. The summed E-state index contributed by atoms with van der Waals surface area (Å²) in [5, 5.41) is 6.00. The number of fused-ring (bicyclic) bond motifs is 6. The second kappa shape index (κ2) is 10.1. The molecule has 1 unspecified atom stereocenters. The van der Waals surface area contributed by atoms with Gasteiger partial charge in [0.1, 0.15) is 17.0 Å². The number of amidine groups is 1. The molecule has 0 bridgehead atoms. The van der Waals surface area contributed by atoms with E-state index in [2.05, 4.69) is 145 Å². The van der Waals surface area contributed by atoms with Gasteiger partial charge in [0.25, 0.3) is 0 Å². The fraction of sp³-hybridized carbons (Fsp3) is 0.0250. The van der Waals surface area contributed by atoms with E-state index >= 15 is 0 Å². The molecule has 1 aromatic heterocycles. The third-order valence-electron chi connectivity index (χ3n) is 8.57. The van der Waals surface area contributed by atoms with E-state index in [0.717, 1.165) is 50.2 Å². The van der Waals surface area contributed by atoms with Crippen LogP contribution in [-0.4, -0.2) is 5.84 Å². The summed E-state index contributed by atoms with van der Waals surface area (Å²) in [5.41, 5.74) is 10.9. The zero-order valence-electron chi connectivity index (χ0n) is 23.7. The van der Waals surface area contributed by atoms with Crippen molar-refractivity contribution in [3.05, 3.63) is 167 Å². The highest BCUT2D eigenvalue weighted by atomic mass is 32.2. The van der Waals surface area contributed by atoms with Gasteiger partial charge >= 0.3 is 0 Å². The minimum absolute atomic E-state index is 0.0330. The molecule has 3 heterocycles. The predicted octanol–water partition coefficient (Wildman–Crippen LogP) is 10.5. The number of benzene rings is 6. The molecule has 0 amide bonds. The summed E-state index contributed by atoms with van der Waals surface area (Å²) in [6, 6.07) is 51.2. The number of nitrogens with zero attached hydrogens (tertiary/aromatic N) is 1. The van der Waals surface area contributed by atoms with Gasteiger partial charge in [0.05, 0.1) is 11.7 Å². The molecule has 3 nitrogen and oxygen atoms in total. The number of furan rings is 1. The van der Waals surface area contributed by atoms with E-state index in [9.17, 15) is 0 Å². The van der Waals surface area contributed by atoms with Gasteiger partial charge in [0, 0.05) is 31.7 Å². The number of nitrogens with one attached hydrogen (secondary N) is 1. The van der Waals surface area contributed by atoms with Crippen LogP contribution >= 0.6 is 11.8 Å². The lowest BCUT2D eigenvalue weighted by molar-refractivity contribution is 0.669. The molecule has 0 saturated carbocycles. The van der Waals surface area contributed by atoms with Gasteiger partial charge in [-0.05, 0) is 52.1 Å². The second-order valence-corrected chi connectivity index (χ2v) is 12.3. The smallest absolute Gasteiger partial charge is 0.136 e. The minimum Gasteiger partial charge on any atom is -0.456 e. The van der Waals surface area contributed by atoms with Crippen molar-refractivity contribution in [2.75, 3.05) is 0 Å². The molecule has 1 atom stereocenters. The number of aliphatic imine (C=N–C) groups is 1. The lowest BCUT2D eigenvalue weighted by Crippen LogP contribution is -2.32. The van der Waals surface area contributed by atoms with E-state index < -0.39 is 0 Å². The van der Waals surface area contributed by atoms with E-state index in [-0.39, 0.29) is 6.04 Å². The summed E-state index contributed by atoms with van der Waals surface area (Å²) in [6.45, 7) is 0. The number of rotatable bonds is 4. The van der Waals surface area contributed by atoms with Gasteiger partial charge in [-0.2, -0.15) is 0 Å². The van der Waals surface area contributed by atoms with Crippen LogP contribution in [0.25, 0.3) is 49.9 Å². The van der Waals surface area contributed by atoms with Gasteiger partial charge in [0.2, 0.25) is 0 Å². The summed E-state index contributed by atoms with van der Waals surface area (Å²) < 4.78 is 6.46. The largest absolute Gasteiger partial charge is 0.456 e. The number of thioether (sulfide) groups is 1. The Morgan fingerprint density at radius 1 is 0.568 bits per heavy atom. The fourth-order valence-electron chi connectivity index (χ4n) is 6.42. The monoisotopic (exact) mass is 582 g/mol. The molecule has 0 fully saturated rings. The zero-order chi connectivity index (χ0) is 29.0. The van der Waals surface area contributed by atoms with Crippen molar-refractivity contribution in [2.24, 2.45) is 4.99 Å². The van der Waals surface area contributed by atoms with Crippen molar-refractivity contribution in [3.8, 4) is 22.3 Å². The van der Waals surface area contributed by atoms with E-state index in [1.54, 1.807) is 0 Å². The van der Waals surface area contributed by atoms with Crippen LogP contribution in [0.2, 0.25) is 0 Å². The topological polar surface area (TPSA) is 37.5 Å². The van der Waals surface area contributed by atoms with Crippen molar-refractivity contribution < 1.29 is 4.42 Å². The average Bonchev–Trinajstić information content (AvgIpc) is 3.67. The van der Waals surface area contributed by atoms with Crippen LogP contribution in [0.3, 0.4) is 0 Å². The predicted molar refractivity (Wildman–Crippen MR) is 183 cm³/mol. The molecule has 0 spiro atoms. The van der Waals surface area contributed by atoms with E-state index in [0.29, 0.717) is 0 Å². The fourth-order valence-corrected chi connectivity index (χ4v) is 7.68. The summed E-state index contributed by atoms with van der Waals surface area (Å²) in [6.07, 6.45) is 0.